The van der Waals surface area contributed by atoms with E-state index in [0.29, 0.717) is 49.2 Å². The van der Waals surface area contributed by atoms with Crippen molar-refractivity contribution in [2.45, 2.75) is 13.0 Å². The van der Waals surface area contributed by atoms with Crippen molar-refractivity contribution >= 4 is 22.6 Å². The monoisotopic (exact) mass is 447 g/mol. The summed E-state index contributed by atoms with van der Waals surface area (Å²) < 4.78 is 1.38. The highest BCUT2D eigenvalue weighted by Crippen LogP contribution is 2.17. The van der Waals surface area contributed by atoms with Crippen LogP contribution in [0.2, 0.25) is 0 Å². The molecule has 33 heavy (non-hydrogen) atoms. The second-order valence-electron chi connectivity index (χ2n) is 8.55. The highest BCUT2D eigenvalue weighted by Gasteiger charge is 2.25. The average molecular weight is 448 g/mol. The molecule has 1 saturated heterocycles. The first-order chi connectivity index (χ1) is 15.9. The molecule has 2 heterocycles. The summed E-state index contributed by atoms with van der Waals surface area (Å²) in [4.78, 5) is 44.2. The molecule has 1 aromatic heterocycles. The summed E-state index contributed by atoms with van der Waals surface area (Å²) in [5.41, 5.74) is 1.02. The van der Waals surface area contributed by atoms with Gasteiger partial charge in [0.25, 0.3) is 11.5 Å². The van der Waals surface area contributed by atoms with Gasteiger partial charge in [-0.2, -0.15) is 5.10 Å². The van der Waals surface area contributed by atoms with Gasteiger partial charge in [0.15, 0.2) is 5.69 Å². The Balaban J connectivity index is 1.62. The summed E-state index contributed by atoms with van der Waals surface area (Å²) in [7, 11) is 3.49. The van der Waals surface area contributed by atoms with Crippen LogP contribution in [0.3, 0.4) is 0 Å². The average Bonchev–Trinajstić information content (AvgIpc) is 3.06. The Hall–Kier alpha value is -3.52. The molecule has 172 valence electrons. The molecule has 0 aliphatic carbocycles. The van der Waals surface area contributed by atoms with Crippen molar-refractivity contribution in [2.75, 3.05) is 46.8 Å². The molecule has 2 amide bonds. The number of benzene rings is 2. The second-order valence-corrected chi connectivity index (χ2v) is 8.55. The highest BCUT2D eigenvalue weighted by atomic mass is 16.2. The molecule has 0 radical (unpaired) electrons. The van der Waals surface area contributed by atoms with E-state index in [-0.39, 0.29) is 17.4 Å². The number of likely N-dealkylation sites (N-methyl/N-ethyl adjacent to an activating group) is 1. The molecule has 2 aromatic carbocycles. The van der Waals surface area contributed by atoms with E-state index in [2.05, 4.69) is 10.00 Å². The number of rotatable bonds is 5. The molecule has 1 aliphatic rings. The van der Waals surface area contributed by atoms with Gasteiger partial charge >= 0.3 is 0 Å². The zero-order valence-corrected chi connectivity index (χ0v) is 19.1. The first-order valence-electron chi connectivity index (χ1n) is 11.2. The largest absolute Gasteiger partial charge is 0.348 e. The number of hydrogen-bond acceptors (Lipinski definition) is 5. The van der Waals surface area contributed by atoms with Gasteiger partial charge in [-0.1, -0.05) is 48.5 Å². The van der Waals surface area contributed by atoms with E-state index in [9.17, 15) is 14.4 Å². The van der Waals surface area contributed by atoms with Crippen molar-refractivity contribution in [3.63, 3.8) is 0 Å². The molecular weight excluding hydrogens is 418 g/mol. The fourth-order valence-corrected chi connectivity index (χ4v) is 4.07. The molecule has 0 bridgehead atoms. The van der Waals surface area contributed by atoms with Crippen LogP contribution in [0.4, 0.5) is 0 Å². The maximum atomic E-state index is 13.6. The van der Waals surface area contributed by atoms with Gasteiger partial charge in [-0.05, 0) is 18.1 Å². The molecule has 0 saturated carbocycles. The zero-order valence-electron chi connectivity index (χ0n) is 19.1. The van der Waals surface area contributed by atoms with Gasteiger partial charge in [-0.15, -0.1) is 0 Å². The Labute approximate surface area is 193 Å². The van der Waals surface area contributed by atoms with Crippen molar-refractivity contribution < 1.29 is 9.59 Å². The van der Waals surface area contributed by atoms with Gasteiger partial charge in [0.2, 0.25) is 5.91 Å². The molecule has 0 N–H and O–H groups in total. The molecular formula is C25H29N5O3. The summed E-state index contributed by atoms with van der Waals surface area (Å²) in [6, 6.07) is 16.8. The van der Waals surface area contributed by atoms with Crippen LogP contribution < -0.4 is 5.56 Å². The Morgan fingerprint density at radius 1 is 0.909 bits per heavy atom. The normalized spacial score (nSPS) is 14.8. The summed E-state index contributed by atoms with van der Waals surface area (Å²) in [6.07, 6.45) is 0.772. The van der Waals surface area contributed by atoms with E-state index in [4.69, 9.17) is 0 Å². The lowest BCUT2D eigenvalue weighted by Gasteiger charge is -2.23. The SMILES string of the molecule is CN(C)C(=O)CN1CCCN(C(=O)c2nn(Cc3ccccc3)c(=O)c3ccccc23)CC1. The molecule has 8 nitrogen and oxygen atoms in total. The second kappa shape index (κ2) is 9.95. The summed E-state index contributed by atoms with van der Waals surface area (Å²) in [5, 5.41) is 5.59. The van der Waals surface area contributed by atoms with E-state index in [1.807, 2.05) is 36.4 Å². The van der Waals surface area contributed by atoms with Crippen molar-refractivity contribution in [1.29, 1.82) is 0 Å². The van der Waals surface area contributed by atoms with Gasteiger partial charge < -0.3 is 9.80 Å². The fraction of sp³-hybridized carbons (Fsp3) is 0.360. The Morgan fingerprint density at radius 2 is 1.61 bits per heavy atom. The fourth-order valence-electron chi connectivity index (χ4n) is 4.07. The van der Waals surface area contributed by atoms with Crippen molar-refractivity contribution in [3.05, 3.63) is 76.2 Å². The number of aromatic nitrogens is 2. The lowest BCUT2D eigenvalue weighted by molar-refractivity contribution is -0.129. The summed E-state index contributed by atoms with van der Waals surface area (Å²) >= 11 is 0. The smallest absolute Gasteiger partial charge is 0.274 e. The first kappa shape index (κ1) is 22.7. The van der Waals surface area contributed by atoms with Crippen molar-refractivity contribution in [2.24, 2.45) is 0 Å². The highest BCUT2D eigenvalue weighted by molar-refractivity contribution is 6.04. The lowest BCUT2D eigenvalue weighted by Crippen LogP contribution is -2.40. The van der Waals surface area contributed by atoms with Gasteiger partial charge in [-0.3, -0.25) is 19.3 Å². The van der Waals surface area contributed by atoms with Crippen LogP contribution in [0.5, 0.6) is 0 Å². The maximum Gasteiger partial charge on any atom is 0.274 e. The Bertz CT molecular complexity index is 1210. The number of amides is 2. The predicted octanol–water partition coefficient (Wildman–Crippen LogP) is 1.68. The first-order valence-corrected chi connectivity index (χ1v) is 11.2. The molecule has 0 unspecified atom stereocenters. The third-order valence-corrected chi connectivity index (χ3v) is 5.98. The van der Waals surface area contributed by atoms with Crippen LogP contribution in [0, 0.1) is 0 Å². The third kappa shape index (κ3) is 5.12. The zero-order chi connectivity index (χ0) is 23.4. The van der Waals surface area contributed by atoms with Gasteiger partial charge in [-0.25, -0.2) is 4.68 Å². The van der Waals surface area contributed by atoms with Crippen LogP contribution in [0.1, 0.15) is 22.5 Å². The standard InChI is InChI=1S/C25H29N5O3/c1-27(2)22(31)18-28-13-8-14-29(16-15-28)25(33)23-20-11-6-7-12-21(20)24(32)30(26-23)17-19-9-4-3-5-10-19/h3-7,9-12H,8,13-18H2,1-2H3. The van der Waals surface area contributed by atoms with E-state index < -0.39 is 0 Å². The molecule has 0 spiro atoms. The summed E-state index contributed by atoms with van der Waals surface area (Å²) in [6.45, 7) is 3.11. The lowest BCUT2D eigenvalue weighted by atomic mass is 10.1. The van der Waals surface area contributed by atoms with Crippen LogP contribution in [0.25, 0.3) is 10.8 Å². The van der Waals surface area contributed by atoms with Gasteiger partial charge in [0, 0.05) is 45.7 Å². The Morgan fingerprint density at radius 3 is 2.33 bits per heavy atom. The number of carbonyl (C=O) groups is 2. The minimum atomic E-state index is -0.213. The van der Waals surface area contributed by atoms with Crippen LogP contribution in [-0.2, 0) is 11.3 Å². The van der Waals surface area contributed by atoms with Crippen LogP contribution >= 0.6 is 0 Å². The van der Waals surface area contributed by atoms with Crippen LogP contribution in [-0.4, -0.2) is 83.1 Å². The minimum absolute atomic E-state index is 0.0513. The molecule has 4 rings (SSSR count). The van der Waals surface area contributed by atoms with E-state index in [1.165, 1.54) is 4.68 Å². The topological polar surface area (TPSA) is 78.8 Å². The quantitative estimate of drug-likeness (QED) is 0.595. The van der Waals surface area contributed by atoms with E-state index in [1.54, 1.807) is 42.1 Å². The number of carbonyl (C=O) groups excluding carboxylic acids is 2. The van der Waals surface area contributed by atoms with Crippen molar-refractivity contribution in [1.82, 2.24) is 24.5 Å². The van der Waals surface area contributed by atoms with Crippen LogP contribution in [0.15, 0.2) is 59.4 Å². The molecule has 1 fully saturated rings. The third-order valence-electron chi connectivity index (χ3n) is 5.98. The summed E-state index contributed by atoms with van der Waals surface area (Å²) in [5.74, 6) is -0.135. The molecule has 3 aromatic rings. The van der Waals surface area contributed by atoms with Crippen molar-refractivity contribution in [3.8, 4) is 0 Å². The number of hydrogen-bond donors (Lipinski definition) is 0. The maximum absolute atomic E-state index is 13.6. The van der Waals surface area contributed by atoms with E-state index in [0.717, 1.165) is 18.5 Å². The van der Waals surface area contributed by atoms with Gasteiger partial charge in [0.05, 0.1) is 18.5 Å². The van der Waals surface area contributed by atoms with Gasteiger partial charge in [0.1, 0.15) is 0 Å². The molecule has 1 aliphatic heterocycles. The molecule has 8 heteroatoms. The Kier molecular flexibility index (Phi) is 6.84. The number of nitrogens with zero attached hydrogens (tertiary/aromatic N) is 5. The van der Waals surface area contributed by atoms with E-state index >= 15 is 0 Å². The predicted molar refractivity (Wildman–Crippen MR) is 127 cm³/mol. The number of fused-ring (bicyclic) bond motifs is 1. The molecule has 0 atom stereocenters. The minimum Gasteiger partial charge on any atom is -0.348 e.